The van der Waals surface area contributed by atoms with E-state index in [-0.39, 0.29) is 17.6 Å². The summed E-state index contributed by atoms with van der Waals surface area (Å²) < 4.78 is 19.2. The average molecular weight is 322 g/mol. The molecule has 3 rings (SSSR count). The molecule has 2 aliphatic heterocycles. The van der Waals surface area contributed by atoms with Gasteiger partial charge in [-0.05, 0) is 18.6 Å². The quantitative estimate of drug-likeness (QED) is 0.867. The number of benzene rings is 1. The first-order chi connectivity index (χ1) is 10.6. The first-order valence-electron chi connectivity index (χ1n) is 6.90. The van der Waals surface area contributed by atoms with Crippen molar-refractivity contribution >= 4 is 29.4 Å². The van der Waals surface area contributed by atoms with Crippen LogP contribution in [0.2, 0.25) is 0 Å². The van der Waals surface area contributed by atoms with Crippen molar-refractivity contribution in [2.75, 3.05) is 17.2 Å². The summed E-state index contributed by atoms with van der Waals surface area (Å²) in [7, 11) is 0. The van der Waals surface area contributed by atoms with Crippen LogP contribution in [0, 0.1) is 5.82 Å². The second kappa shape index (κ2) is 6.00. The van der Waals surface area contributed by atoms with Gasteiger partial charge in [-0.1, -0.05) is 18.2 Å². The van der Waals surface area contributed by atoms with Crippen molar-refractivity contribution < 1.29 is 18.7 Å². The van der Waals surface area contributed by atoms with Gasteiger partial charge in [0.05, 0.1) is 12.2 Å². The van der Waals surface area contributed by atoms with E-state index in [1.807, 2.05) is 6.08 Å². The molecule has 0 aromatic heterocycles. The first kappa shape index (κ1) is 14.9. The number of nitrogens with two attached hydrogens (primary N) is 1. The molecule has 0 bridgehead atoms. The van der Waals surface area contributed by atoms with E-state index in [4.69, 9.17) is 10.5 Å². The Morgan fingerprint density at radius 2 is 2.23 bits per heavy atom. The molecule has 2 amide bonds. The summed E-state index contributed by atoms with van der Waals surface area (Å²) in [5.74, 6) is -0.205. The number of allylic oxidation sites excluding steroid dienone is 1. The monoisotopic (exact) mass is 322 g/mol. The number of amides is 2. The van der Waals surface area contributed by atoms with Crippen molar-refractivity contribution in [1.82, 2.24) is 0 Å². The van der Waals surface area contributed by atoms with Crippen molar-refractivity contribution in [3.05, 3.63) is 41.7 Å². The Balaban J connectivity index is 1.81. The molecule has 0 radical (unpaired) electrons. The summed E-state index contributed by atoms with van der Waals surface area (Å²) in [6, 6.07) is 4.66. The molecule has 1 aromatic carbocycles. The van der Waals surface area contributed by atoms with Crippen molar-refractivity contribution in [1.29, 1.82) is 0 Å². The summed E-state index contributed by atoms with van der Waals surface area (Å²) >= 11 is 1.68. The van der Waals surface area contributed by atoms with Crippen molar-refractivity contribution in [3.63, 3.8) is 0 Å². The minimum Gasteiger partial charge on any atom is -0.434 e. The zero-order valence-electron chi connectivity index (χ0n) is 11.7. The predicted molar refractivity (Wildman–Crippen MR) is 82.2 cm³/mol. The molecule has 2 aliphatic rings. The van der Waals surface area contributed by atoms with Crippen LogP contribution in [-0.4, -0.2) is 30.4 Å². The number of rotatable bonds is 3. The van der Waals surface area contributed by atoms with E-state index < -0.39 is 18.1 Å². The summed E-state index contributed by atoms with van der Waals surface area (Å²) in [5.41, 5.74) is 6.12. The Labute approximate surface area is 131 Å². The van der Waals surface area contributed by atoms with Gasteiger partial charge < -0.3 is 10.5 Å². The van der Waals surface area contributed by atoms with Gasteiger partial charge in [0.15, 0.2) is 6.10 Å². The van der Waals surface area contributed by atoms with Crippen LogP contribution in [0.4, 0.5) is 14.9 Å². The SMILES string of the molecule is NC(=O)[C@H]1CN(c2ccc(C3CC=CCS3)c(F)c2)C(=O)O1. The van der Waals surface area contributed by atoms with Gasteiger partial charge in [0, 0.05) is 16.6 Å². The Hall–Kier alpha value is -2.02. The van der Waals surface area contributed by atoms with Crippen LogP contribution < -0.4 is 10.6 Å². The van der Waals surface area contributed by atoms with Crippen LogP contribution in [0.1, 0.15) is 17.2 Å². The Morgan fingerprint density at radius 1 is 1.41 bits per heavy atom. The molecule has 2 atom stereocenters. The molecule has 1 saturated heterocycles. The lowest BCUT2D eigenvalue weighted by molar-refractivity contribution is -0.124. The van der Waals surface area contributed by atoms with Gasteiger partial charge in [0.25, 0.3) is 5.91 Å². The fourth-order valence-corrected chi connectivity index (χ4v) is 3.61. The van der Waals surface area contributed by atoms with Gasteiger partial charge in [0.2, 0.25) is 0 Å². The minimum absolute atomic E-state index is 0.00781. The van der Waals surface area contributed by atoms with Crippen LogP contribution in [0.5, 0.6) is 0 Å². The fraction of sp³-hybridized carbons (Fsp3) is 0.333. The maximum Gasteiger partial charge on any atom is 0.415 e. The van der Waals surface area contributed by atoms with Crippen LogP contribution in [0.25, 0.3) is 0 Å². The third-order valence-corrected chi connectivity index (χ3v) is 4.92. The second-order valence-corrected chi connectivity index (χ2v) is 6.36. The summed E-state index contributed by atoms with van der Waals surface area (Å²) in [4.78, 5) is 24.1. The number of hydrogen-bond acceptors (Lipinski definition) is 4. The van der Waals surface area contributed by atoms with Gasteiger partial charge in [-0.3, -0.25) is 9.69 Å². The first-order valence-corrected chi connectivity index (χ1v) is 7.94. The molecule has 1 unspecified atom stereocenters. The third kappa shape index (κ3) is 2.81. The number of carbonyl (C=O) groups is 2. The number of carbonyl (C=O) groups excluding carboxylic acids is 2. The average Bonchev–Trinajstić information content (AvgIpc) is 2.90. The van der Waals surface area contributed by atoms with E-state index in [0.717, 1.165) is 12.2 Å². The predicted octanol–water partition coefficient (Wildman–Crippen LogP) is 2.37. The van der Waals surface area contributed by atoms with Crippen LogP contribution >= 0.6 is 11.8 Å². The highest BCUT2D eigenvalue weighted by molar-refractivity contribution is 7.99. The van der Waals surface area contributed by atoms with Crippen LogP contribution in [0.15, 0.2) is 30.4 Å². The summed E-state index contributed by atoms with van der Waals surface area (Å²) in [5, 5.41) is 0.0861. The number of nitrogens with zero attached hydrogens (tertiary/aromatic N) is 1. The van der Waals surface area contributed by atoms with Crippen molar-refractivity contribution in [2.45, 2.75) is 17.8 Å². The highest BCUT2D eigenvalue weighted by Crippen LogP contribution is 2.38. The second-order valence-electron chi connectivity index (χ2n) is 5.12. The highest BCUT2D eigenvalue weighted by Gasteiger charge is 2.36. The number of hydrogen-bond donors (Lipinski definition) is 1. The number of ether oxygens (including phenoxy) is 1. The smallest absolute Gasteiger partial charge is 0.415 e. The third-order valence-electron chi connectivity index (χ3n) is 3.68. The van der Waals surface area contributed by atoms with E-state index in [1.165, 1.54) is 11.0 Å². The lowest BCUT2D eigenvalue weighted by Crippen LogP contribution is -2.32. The number of halogens is 1. The molecule has 1 fully saturated rings. The number of anilines is 1. The molecule has 1 aromatic rings. The normalized spacial score (nSPS) is 24.4. The molecule has 116 valence electrons. The van der Waals surface area contributed by atoms with E-state index in [1.54, 1.807) is 23.9 Å². The van der Waals surface area contributed by atoms with E-state index >= 15 is 0 Å². The molecular weight excluding hydrogens is 307 g/mol. The van der Waals surface area contributed by atoms with Crippen molar-refractivity contribution in [3.8, 4) is 0 Å². The van der Waals surface area contributed by atoms with Gasteiger partial charge >= 0.3 is 6.09 Å². The van der Waals surface area contributed by atoms with Gasteiger partial charge in [-0.25, -0.2) is 9.18 Å². The number of thioether (sulfide) groups is 1. The van der Waals surface area contributed by atoms with Crippen LogP contribution in [0.3, 0.4) is 0 Å². The molecule has 2 N–H and O–H groups in total. The zero-order chi connectivity index (χ0) is 15.7. The summed E-state index contributed by atoms with van der Waals surface area (Å²) in [6.45, 7) is 0.00781. The Morgan fingerprint density at radius 3 is 2.82 bits per heavy atom. The van der Waals surface area contributed by atoms with E-state index in [0.29, 0.717) is 11.3 Å². The molecule has 0 aliphatic carbocycles. The maximum absolute atomic E-state index is 14.4. The Kier molecular flexibility index (Phi) is 4.06. The largest absolute Gasteiger partial charge is 0.434 e. The molecule has 0 spiro atoms. The van der Waals surface area contributed by atoms with Gasteiger partial charge in [0.1, 0.15) is 5.82 Å². The van der Waals surface area contributed by atoms with E-state index in [2.05, 4.69) is 6.08 Å². The lowest BCUT2D eigenvalue weighted by atomic mass is 10.1. The Bertz CT molecular complexity index is 650. The highest BCUT2D eigenvalue weighted by atomic mass is 32.2. The van der Waals surface area contributed by atoms with Gasteiger partial charge in [-0.15, -0.1) is 11.8 Å². The summed E-state index contributed by atoms with van der Waals surface area (Å²) in [6.07, 6.45) is 3.22. The fourth-order valence-electron chi connectivity index (χ4n) is 2.51. The lowest BCUT2D eigenvalue weighted by Gasteiger charge is -2.20. The topological polar surface area (TPSA) is 72.6 Å². The van der Waals surface area contributed by atoms with Crippen molar-refractivity contribution in [2.24, 2.45) is 5.73 Å². The standard InChI is InChI=1S/C15H15FN2O3S/c16-11-7-9(18-8-12(14(17)19)21-15(18)20)4-5-10(11)13-3-1-2-6-22-13/h1-2,4-5,7,12-13H,3,6,8H2,(H2,17,19)/t12-,13?/m1/s1. The minimum atomic E-state index is -0.991. The van der Waals surface area contributed by atoms with Gasteiger partial charge in [-0.2, -0.15) is 0 Å². The number of cyclic esters (lactones) is 1. The van der Waals surface area contributed by atoms with Crippen LogP contribution in [-0.2, 0) is 9.53 Å². The molecule has 2 heterocycles. The molecule has 5 nitrogen and oxygen atoms in total. The molecule has 0 saturated carbocycles. The molecular formula is C15H15FN2O3S. The molecule has 22 heavy (non-hydrogen) atoms. The molecule has 7 heteroatoms. The van der Waals surface area contributed by atoms with E-state index in [9.17, 15) is 14.0 Å². The zero-order valence-corrected chi connectivity index (χ0v) is 12.5. The number of primary amides is 1. The maximum atomic E-state index is 14.4.